The van der Waals surface area contributed by atoms with Gasteiger partial charge in [-0.25, -0.2) is 8.42 Å². The lowest BCUT2D eigenvalue weighted by Crippen LogP contribution is -2.45. The third-order valence-corrected chi connectivity index (χ3v) is 6.05. The Morgan fingerprint density at radius 1 is 1.27 bits per heavy atom. The molecule has 1 aliphatic carbocycles. The summed E-state index contributed by atoms with van der Waals surface area (Å²) in [7, 11) is -3.60. The highest BCUT2D eigenvalue weighted by atomic mass is 35.5. The van der Waals surface area contributed by atoms with Crippen LogP contribution in [-0.2, 0) is 14.6 Å². The number of sulfone groups is 1. The molecule has 1 aliphatic rings. The average Bonchev–Trinajstić information content (AvgIpc) is 2.48. The van der Waals surface area contributed by atoms with Crippen molar-refractivity contribution in [3.05, 3.63) is 29.3 Å². The van der Waals surface area contributed by atoms with Gasteiger partial charge in [-0.15, -0.1) is 0 Å². The Labute approximate surface area is 135 Å². The Morgan fingerprint density at radius 2 is 1.95 bits per heavy atom. The minimum Gasteiger partial charge on any atom is -0.391 e. The maximum Gasteiger partial charge on any atom is 0.221 e. The van der Waals surface area contributed by atoms with Crippen molar-refractivity contribution >= 4 is 27.3 Å². The smallest absolute Gasteiger partial charge is 0.221 e. The normalized spacial score (nSPS) is 22.3. The quantitative estimate of drug-likeness (QED) is 0.854. The van der Waals surface area contributed by atoms with Gasteiger partial charge in [-0.3, -0.25) is 4.79 Å². The molecular formula is C15H20ClNO4S. The second-order valence-electron chi connectivity index (χ2n) is 5.53. The molecule has 1 saturated carbocycles. The Balaban J connectivity index is 1.92. The monoisotopic (exact) mass is 345 g/mol. The summed E-state index contributed by atoms with van der Waals surface area (Å²) in [6.07, 6.45) is 2.62. The summed E-state index contributed by atoms with van der Waals surface area (Å²) in [5, 5.41) is 12.7. The molecular weight excluding hydrogens is 326 g/mol. The highest BCUT2D eigenvalue weighted by Crippen LogP contribution is 2.22. The molecule has 2 N–H and O–H groups in total. The van der Waals surface area contributed by atoms with Crippen LogP contribution < -0.4 is 5.32 Å². The van der Waals surface area contributed by atoms with Crippen LogP contribution in [-0.4, -0.2) is 37.3 Å². The zero-order valence-electron chi connectivity index (χ0n) is 12.2. The fraction of sp³-hybridized carbons (Fsp3) is 0.533. The second kappa shape index (κ2) is 7.44. The van der Waals surface area contributed by atoms with E-state index in [4.69, 9.17) is 11.6 Å². The van der Waals surface area contributed by atoms with E-state index in [9.17, 15) is 18.3 Å². The van der Waals surface area contributed by atoms with Gasteiger partial charge in [-0.05, 0) is 25.0 Å². The van der Waals surface area contributed by atoms with Crippen molar-refractivity contribution in [2.24, 2.45) is 0 Å². The molecule has 0 aliphatic heterocycles. The molecule has 0 bridgehead atoms. The number of nitrogens with one attached hydrogen (secondary N) is 1. The molecule has 122 valence electrons. The largest absolute Gasteiger partial charge is 0.391 e. The average molecular weight is 346 g/mol. The van der Waals surface area contributed by atoms with Gasteiger partial charge in [-0.2, -0.15) is 0 Å². The van der Waals surface area contributed by atoms with Crippen LogP contribution in [0.3, 0.4) is 0 Å². The van der Waals surface area contributed by atoms with Crippen molar-refractivity contribution in [1.29, 1.82) is 0 Å². The SMILES string of the molecule is O=C(CCS(=O)(=O)c1ccccc1Cl)NC1CCCCC1O. The van der Waals surface area contributed by atoms with Gasteiger partial charge < -0.3 is 10.4 Å². The molecule has 0 radical (unpaired) electrons. The minimum absolute atomic E-state index is 0.0437. The number of carbonyl (C=O) groups excluding carboxylic acids is 1. The van der Waals surface area contributed by atoms with Crippen LogP contribution in [0.2, 0.25) is 5.02 Å². The summed E-state index contributed by atoms with van der Waals surface area (Å²) in [5.41, 5.74) is 0. The standard InChI is InChI=1S/C15H20ClNO4S/c16-11-5-1-4-8-14(11)22(20,21)10-9-15(19)17-12-6-2-3-7-13(12)18/h1,4-5,8,12-13,18H,2-3,6-7,9-10H2,(H,17,19). The summed E-state index contributed by atoms with van der Waals surface area (Å²) < 4.78 is 24.4. The van der Waals surface area contributed by atoms with Crippen molar-refractivity contribution in [1.82, 2.24) is 5.32 Å². The fourth-order valence-electron chi connectivity index (χ4n) is 2.59. The summed E-state index contributed by atoms with van der Waals surface area (Å²) in [4.78, 5) is 11.9. The van der Waals surface area contributed by atoms with E-state index in [0.29, 0.717) is 6.42 Å². The van der Waals surface area contributed by atoms with Crippen LogP contribution in [0.25, 0.3) is 0 Å². The van der Waals surface area contributed by atoms with Gasteiger partial charge in [-0.1, -0.05) is 36.6 Å². The number of carbonyl (C=O) groups is 1. The Hall–Kier alpha value is -1.11. The molecule has 1 aromatic carbocycles. The van der Waals surface area contributed by atoms with E-state index >= 15 is 0 Å². The topological polar surface area (TPSA) is 83.5 Å². The first-order chi connectivity index (χ1) is 10.4. The van der Waals surface area contributed by atoms with Gasteiger partial charge in [0.2, 0.25) is 5.91 Å². The van der Waals surface area contributed by atoms with Crippen molar-refractivity contribution in [2.45, 2.75) is 49.1 Å². The zero-order chi connectivity index (χ0) is 16.2. The van der Waals surface area contributed by atoms with E-state index in [1.54, 1.807) is 12.1 Å². The van der Waals surface area contributed by atoms with Crippen molar-refractivity contribution in [3.8, 4) is 0 Å². The van der Waals surface area contributed by atoms with Crippen LogP contribution in [0.4, 0.5) is 0 Å². The highest BCUT2D eigenvalue weighted by molar-refractivity contribution is 7.91. The van der Waals surface area contributed by atoms with Crippen LogP contribution in [0.5, 0.6) is 0 Å². The molecule has 2 rings (SSSR count). The van der Waals surface area contributed by atoms with Gasteiger partial charge in [0.15, 0.2) is 9.84 Å². The predicted octanol–water partition coefficient (Wildman–Crippen LogP) is 1.92. The van der Waals surface area contributed by atoms with Gasteiger partial charge in [0.1, 0.15) is 0 Å². The molecule has 1 amide bonds. The van der Waals surface area contributed by atoms with Crippen molar-refractivity contribution in [2.75, 3.05) is 5.75 Å². The number of halogens is 1. The lowest BCUT2D eigenvalue weighted by molar-refractivity contribution is -0.122. The summed E-state index contributed by atoms with van der Waals surface area (Å²) in [6.45, 7) is 0. The molecule has 0 spiro atoms. The van der Waals surface area contributed by atoms with E-state index in [1.165, 1.54) is 12.1 Å². The van der Waals surface area contributed by atoms with Crippen LogP contribution >= 0.6 is 11.6 Å². The second-order valence-corrected chi connectivity index (χ2v) is 8.01. The lowest BCUT2D eigenvalue weighted by Gasteiger charge is -2.28. The van der Waals surface area contributed by atoms with Crippen LogP contribution in [0.15, 0.2) is 29.2 Å². The molecule has 0 saturated heterocycles. The number of hydrogen-bond acceptors (Lipinski definition) is 4. The maximum absolute atomic E-state index is 12.2. The van der Waals surface area contributed by atoms with E-state index in [1.807, 2.05) is 0 Å². The minimum atomic E-state index is -3.60. The first kappa shape index (κ1) is 17.2. The van der Waals surface area contributed by atoms with Gasteiger partial charge in [0.05, 0.1) is 27.8 Å². The summed E-state index contributed by atoms with van der Waals surface area (Å²) >= 11 is 5.89. The Bertz CT molecular complexity index is 632. The Morgan fingerprint density at radius 3 is 2.64 bits per heavy atom. The van der Waals surface area contributed by atoms with E-state index in [0.717, 1.165) is 19.3 Å². The number of benzene rings is 1. The molecule has 2 atom stereocenters. The third-order valence-electron chi connectivity index (χ3n) is 3.85. The lowest BCUT2D eigenvalue weighted by atomic mass is 9.92. The van der Waals surface area contributed by atoms with Gasteiger partial charge in [0, 0.05) is 6.42 Å². The number of aliphatic hydroxyl groups excluding tert-OH is 1. The van der Waals surface area contributed by atoms with Crippen molar-refractivity contribution < 1.29 is 18.3 Å². The van der Waals surface area contributed by atoms with Crippen molar-refractivity contribution in [3.63, 3.8) is 0 Å². The molecule has 5 nitrogen and oxygen atoms in total. The molecule has 1 aromatic rings. The van der Waals surface area contributed by atoms with E-state index < -0.39 is 15.9 Å². The number of amides is 1. The molecule has 0 heterocycles. The summed E-state index contributed by atoms with van der Waals surface area (Å²) in [5.74, 6) is -0.660. The van der Waals surface area contributed by atoms with Crippen LogP contribution in [0, 0.1) is 0 Å². The maximum atomic E-state index is 12.2. The van der Waals surface area contributed by atoms with Gasteiger partial charge >= 0.3 is 0 Å². The zero-order valence-corrected chi connectivity index (χ0v) is 13.7. The van der Waals surface area contributed by atoms with E-state index in [2.05, 4.69) is 5.32 Å². The molecule has 0 aromatic heterocycles. The van der Waals surface area contributed by atoms with Gasteiger partial charge in [0.25, 0.3) is 0 Å². The summed E-state index contributed by atoms with van der Waals surface area (Å²) in [6, 6.07) is 5.91. The molecule has 22 heavy (non-hydrogen) atoms. The van der Waals surface area contributed by atoms with Crippen LogP contribution in [0.1, 0.15) is 32.1 Å². The Kier molecular flexibility index (Phi) is 5.83. The number of hydrogen-bond donors (Lipinski definition) is 2. The molecule has 1 fully saturated rings. The first-order valence-corrected chi connectivity index (χ1v) is 9.38. The molecule has 7 heteroatoms. The fourth-order valence-corrected chi connectivity index (χ4v) is 4.41. The third kappa shape index (κ3) is 4.44. The highest BCUT2D eigenvalue weighted by Gasteiger charge is 2.25. The number of rotatable bonds is 5. The number of aliphatic hydroxyl groups is 1. The predicted molar refractivity (Wildman–Crippen MR) is 84.5 cm³/mol. The van der Waals surface area contributed by atoms with E-state index in [-0.39, 0.29) is 34.0 Å². The molecule has 2 unspecified atom stereocenters. The first-order valence-electron chi connectivity index (χ1n) is 7.35.